The Morgan fingerprint density at radius 2 is 1.74 bits per heavy atom. The lowest BCUT2D eigenvalue weighted by Gasteiger charge is -2.12. The van der Waals surface area contributed by atoms with Crippen LogP contribution in [-0.4, -0.2) is 61.4 Å². The van der Waals surface area contributed by atoms with Crippen molar-refractivity contribution in [2.45, 2.75) is 45.1 Å². The van der Waals surface area contributed by atoms with Crippen LogP contribution in [-0.2, 0) is 6.54 Å². The molecule has 0 aliphatic carbocycles. The molecule has 0 bridgehead atoms. The number of aromatic nitrogens is 2. The molecule has 2 N–H and O–H groups in total. The van der Waals surface area contributed by atoms with Gasteiger partial charge in [0.15, 0.2) is 5.96 Å². The largest absolute Gasteiger partial charge is 0.356 e. The number of aryl methyl sites for hydroxylation is 1. The normalized spacial score (nSPS) is 11.9. The molecule has 0 aliphatic rings. The van der Waals surface area contributed by atoms with Crippen LogP contribution in [0.5, 0.6) is 0 Å². The quantitative estimate of drug-likeness (QED) is 0.351. The summed E-state index contributed by atoms with van der Waals surface area (Å²) in [4.78, 5) is 6.51. The first-order chi connectivity index (χ1) is 11.2. The zero-order chi connectivity index (χ0) is 16.8. The number of nitrogens with one attached hydrogen (secondary N) is 2. The molecular weight excluding hydrogens is 288 g/mol. The SMILES string of the molecule is CN=C(NCCCCCCCN(C)C)NCCCn1cccn1. The molecule has 1 rings (SSSR count). The van der Waals surface area contributed by atoms with Crippen molar-refractivity contribution < 1.29 is 0 Å². The fourth-order valence-corrected chi connectivity index (χ4v) is 2.39. The number of rotatable bonds is 12. The standard InChI is InChI=1S/C17H34N6/c1-18-17(20-12-9-15-23-16-10-13-21-23)19-11-7-5-4-6-8-14-22(2)3/h10,13,16H,4-9,11-12,14-15H2,1-3H3,(H2,18,19,20). The maximum atomic E-state index is 4.26. The molecule has 23 heavy (non-hydrogen) atoms. The minimum absolute atomic E-state index is 0.901. The molecule has 0 radical (unpaired) electrons. The summed E-state index contributed by atoms with van der Waals surface area (Å²) in [5.74, 6) is 0.901. The van der Waals surface area contributed by atoms with Crippen molar-refractivity contribution >= 4 is 5.96 Å². The summed E-state index contributed by atoms with van der Waals surface area (Å²) in [7, 11) is 6.10. The van der Waals surface area contributed by atoms with Gasteiger partial charge in [-0.2, -0.15) is 5.10 Å². The highest BCUT2D eigenvalue weighted by Crippen LogP contribution is 2.02. The molecule has 0 aromatic carbocycles. The second-order valence-corrected chi connectivity index (χ2v) is 6.12. The van der Waals surface area contributed by atoms with Gasteiger partial charge in [0.05, 0.1) is 0 Å². The minimum atomic E-state index is 0.901. The Labute approximate surface area is 141 Å². The van der Waals surface area contributed by atoms with E-state index in [1.165, 1.54) is 38.6 Å². The van der Waals surface area contributed by atoms with E-state index in [2.05, 4.69) is 39.7 Å². The Morgan fingerprint density at radius 1 is 1.04 bits per heavy atom. The summed E-state index contributed by atoms with van der Waals surface area (Å²) >= 11 is 0. The maximum absolute atomic E-state index is 4.26. The second kappa shape index (κ2) is 12.9. The highest BCUT2D eigenvalue weighted by molar-refractivity contribution is 5.79. The Hall–Kier alpha value is -1.56. The van der Waals surface area contributed by atoms with Crippen molar-refractivity contribution in [2.75, 3.05) is 40.8 Å². The van der Waals surface area contributed by atoms with Crippen molar-refractivity contribution in [1.82, 2.24) is 25.3 Å². The lowest BCUT2D eigenvalue weighted by atomic mass is 10.1. The van der Waals surface area contributed by atoms with Gasteiger partial charge in [0.1, 0.15) is 0 Å². The molecule has 0 fully saturated rings. The zero-order valence-corrected chi connectivity index (χ0v) is 15.1. The van der Waals surface area contributed by atoms with Gasteiger partial charge in [-0.15, -0.1) is 0 Å². The van der Waals surface area contributed by atoms with E-state index in [1.807, 2.05) is 30.2 Å². The highest BCUT2D eigenvalue weighted by Gasteiger charge is 1.98. The summed E-state index contributed by atoms with van der Waals surface area (Å²) in [6.45, 7) is 4.04. The third kappa shape index (κ3) is 10.7. The molecule has 0 amide bonds. The predicted octanol–water partition coefficient (Wildman–Crippen LogP) is 1.95. The minimum Gasteiger partial charge on any atom is -0.356 e. The topological polar surface area (TPSA) is 57.5 Å². The number of nitrogens with zero attached hydrogens (tertiary/aromatic N) is 4. The summed E-state index contributed by atoms with van der Waals surface area (Å²) in [6, 6.07) is 1.95. The van der Waals surface area contributed by atoms with Gasteiger partial charge in [-0.05, 0) is 46.0 Å². The molecule has 0 saturated carbocycles. The van der Waals surface area contributed by atoms with Crippen LogP contribution >= 0.6 is 0 Å². The average Bonchev–Trinajstić information content (AvgIpc) is 3.05. The van der Waals surface area contributed by atoms with Gasteiger partial charge in [-0.3, -0.25) is 9.67 Å². The number of hydrogen-bond acceptors (Lipinski definition) is 3. The van der Waals surface area contributed by atoms with Crippen LogP contribution in [0.25, 0.3) is 0 Å². The Kier molecular flexibility index (Phi) is 11.0. The lowest BCUT2D eigenvalue weighted by molar-refractivity contribution is 0.389. The van der Waals surface area contributed by atoms with Crippen LogP contribution in [0.15, 0.2) is 23.5 Å². The molecular formula is C17H34N6. The zero-order valence-electron chi connectivity index (χ0n) is 15.1. The summed E-state index contributed by atoms with van der Waals surface area (Å²) in [5.41, 5.74) is 0. The molecule has 0 saturated heterocycles. The third-order valence-corrected chi connectivity index (χ3v) is 3.71. The molecule has 0 spiro atoms. The van der Waals surface area contributed by atoms with E-state index in [9.17, 15) is 0 Å². The number of guanidine groups is 1. The first-order valence-corrected chi connectivity index (χ1v) is 8.79. The predicted molar refractivity (Wildman–Crippen MR) is 97.8 cm³/mol. The van der Waals surface area contributed by atoms with Gasteiger partial charge < -0.3 is 15.5 Å². The van der Waals surface area contributed by atoms with Crippen molar-refractivity contribution in [3.8, 4) is 0 Å². The second-order valence-electron chi connectivity index (χ2n) is 6.12. The Balaban J connectivity index is 1.93. The van der Waals surface area contributed by atoms with Crippen molar-refractivity contribution in [2.24, 2.45) is 4.99 Å². The van der Waals surface area contributed by atoms with E-state index in [0.717, 1.165) is 32.0 Å². The molecule has 0 unspecified atom stereocenters. The average molecular weight is 323 g/mol. The first-order valence-electron chi connectivity index (χ1n) is 8.79. The highest BCUT2D eigenvalue weighted by atomic mass is 15.3. The number of hydrogen-bond donors (Lipinski definition) is 2. The molecule has 1 aromatic rings. The third-order valence-electron chi connectivity index (χ3n) is 3.71. The van der Waals surface area contributed by atoms with Gasteiger partial charge in [0, 0.05) is 39.1 Å². The number of aliphatic imine (C=N–C) groups is 1. The van der Waals surface area contributed by atoms with Crippen molar-refractivity contribution in [1.29, 1.82) is 0 Å². The Bertz CT molecular complexity index is 399. The number of unbranched alkanes of at least 4 members (excludes halogenated alkanes) is 4. The summed E-state index contributed by atoms with van der Waals surface area (Å²) in [5, 5.41) is 10.9. The van der Waals surface area contributed by atoms with Gasteiger partial charge in [0.25, 0.3) is 0 Å². The molecule has 1 aromatic heterocycles. The lowest BCUT2D eigenvalue weighted by Crippen LogP contribution is -2.38. The van der Waals surface area contributed by atoms with Gasteiger partial charge >= 0.3 is 0 Å². The molecule has 0 aliphatic heterocycles. The molecule has 6 nitrogen and oxygen atoms in total. The molecule has 132 valence electrons. The van der Waals surface area contributed by atoms with Crippen LogP contribution in [0.2, 0.25) is 0 Å². The van der Waals surface area contributed by atoms with Crippen LogP contribution in [0.3, 0.4) is 0 Å². The van der Waals surface area contributed by atoms with Gasteiger partial charge in [0.2, 0.25) is 0 Å². The van der Waals surface area contributed by atoms with E-state index in [0.29, 0.717) is 0 Å². The van der Waals surface area contributed by atoms with E-state index in [4.69, 9.17) is 0 Å². The fraction of sp³-hybridized carbons (Fsp3) is 0.765. The molecule has 1 heterocycles. The molecule has 0 atom stereocenters. The monoisotopic (exact) mass is 322 g/mol. The smallest absolute Gasteiger partial charge is 0.190 e. The fourth-order valence-electron chi connectivity index (χ4n) is 2.39. The van der Waals surface area contributed by atoms with Crippen LogP contribution in [0.4, 0.5) is 0 Å². The van der Waals surface area contributed by atoms with Crippen LogP contribution in [0, 0.1) is 0 Å². The van der Waals surface area contributed by atoms with Crippen molar-refractivity contribution in [3.05, 3.63) is 18.5 Å². The summed E-state index contributed by atoms with van der Waals surface area (Å²) in [6.07, 6.45) is 11.3. The first kappa shape index (κ1) is 19.5. The maximum Gasteiger partial charge on any atom is 0.190 e. The van der Waals surface area contributed by atoms with Crippen molar-refractivity contribution in [3.63, 3.8) is 0 Å². The molecule has 6 heteroatoms. The Morgan fingerprint density at radius 3 is 2.39 bits per heavy atom. The van der Waals surface area contributed by atoms with Crippen LogP contribution in [0.1, 0.15) is 38.5 Å². The van der Waals surface area contributed by atoms with E-state index < -0.39 is 0 Å². The van der Waals surface area contributed by atoms with E-state index >= 15 is 0 Å². The van der Waals surface area contributed by atoms with E-state index in [1.54, 1.807) is 0 Å². The van der Waals surface area contributed by atoms with Crippen LogP contribution < -0.4 is 10.6 Å². The summed E-state index contributed by atoms with van der Waals surface area (Å²) < 4.78 is 1.95. The van der Waals surface area contributed by atoms with Gasteiger partial charge in [-0.1, -0.05) is 19.3 Å². The van der Waals surface area contributed by atoms with Gasteiger partial charge in [-0.25, -0.2) is 0 Å². The van der Waals surface area contributed by atoms with E-state index in [-0.39, 0.29) is 0 Å².